The van der Waals surface area contributed by atoms with Crippen LogP contribution < -0.4 is 9.47 Å². The maximum atomic E-state index is 12.1. The van der Waals surface area contributed by atoms with Gasteiger partial charge in [0.25, 0.3) is 0 Å². The van der Waals surface area contributed by atoms with Gasteiger partial charge in [-0.25, -0.2) is 0 Å². The van der Waals surface area contributed by atoms with Gasteiger partial charge in [0.1, 0.15) is 23.1 Å². The molecule has 0 aliphatic rings. The number of carbonyl (C=O) groups excluding carboxylic acids is 1. The quantitative estimate of drug-likeness (QED) is 0.322. The molecule has 0 saturated carbocycles. The van der Waals surface area contributed by atoms with E-state index in [1.54, 1.807) is 43.5 Å². The third-order valence-corrected chi connectivity index (χ3v) is 5.48. The zero-order valence-corrected chi connectivity index (χ0v) is 16.8. The van der Waals surface area contributed by atoms with Crippen molar-refractivity contribution in [2.24, 2.45) is 0 Å². The first-order valence-corrected chi connectivity index (χ1v) is 9.71. The topological polar surface area (TPSA) is 35.5 Å². The van der Waals surface area contributed by atoms with E-state index in [4.69, 9.17) is 32.7 Å². The van der Waals surface area contributed by atoms with E-state index in [0.717, 1.165) is 11.1 Å². The average Bonchev–Trinajstić information content (AvgIpc) is 3.22. The minimum atomic E-state index is -0.0238. The van der Waals surface area contributed by atoms with Crippen molar-refractivity contribution < 1.29 is 14.3 Å². The smallest absolute Gasteiger partial charge is 0.195 e. The molecule has 1 heterocycles. The van der Waals surface area contributed by atoms with Gasteiger partial charge in [-0.2, -0.15) is 0 Å². The number of rotatable bonds is 7. The highest BCUT2D eigenvalue weighted by atomic mass is 35.5. The summed E-state index contributed by atoms with van der Waals surface area (Å²) < 4.78 is 11.2. The van der Waals surface area contributed by atoms with Crippen molar-refractivity contribution in [1.29, 1.82) is 0 Å². The van der Waals surface area contributed by atoms with Gasteiger partial charge in [-0.1, -0.05) is 47.5 Å². The average molecular weight is 419 g/mol. The highest BCUT2D eigenvalue weighted by Gasteiger charge is 2.09. The number of hydrogen-bond acceptors (Lipinski definition) is 4. The van der Waals surface area contributed by atoms with Gasteiger partial charge in [0, 0.05) is 5.56 Å². The van der Waals surface area contributed by atoms with Gasteiger partial charge in [-0.3, -0.25) is 4.79 Å². The molecule has 0 saturated heterocycles. The van der Waals surface area contributed by atoms with Crippen LogP contribution in [-0.2, 0) is 6.61 Å². The van der Waals surface area contributed by atoms with Crippen molar-refractivity contribution in [2.45, 2.75) is 6.61 Å². The van der Waals surface area contributed by atoms with Crippen molar-refractivity contribution in [1.82, 2.24) is 0 Å². The minimum absolute atomic E-state index is 0.0238. The molecule has 27 heavy (non-hydrogen) atoms. The molecule has 0 radical (unpaired) electrons. The second-order valence-electron chi connectivity index (χ2n) is 5.59. The Bertz CT molecular complexity index is 966. The van der Waals surface area contributed by atoms with Crippen LogP contribution in [0.5, 0.6) is 11.5 Å². The monoisotopic (exact) mass is 418 g/mol. The Morgan fingerprint density at radius 1 is 1.11 bits per heavy atom. The third-order valence-electron chi connectivity index (χ3n) is 3.79. The maximum Gasteiger partial charge on any atom is 0.195 e. The molecule has 1 aromatic heterocycles. The molecule has 0 atom stereocenters. The lowest BCUT2D eigenvalue weighted by Gasteiger charge is -2.12. The summed E-state index contributed by atoms with van der Waals surface area (Å²) in [6.45, 7) is 0.254. The Labute approximate surface area is 171 Å². The van der Waals surface area contributed by atoms with Gasteiger partial charge in [0.2, 0.25) is 0 Å². The fraction of sp³-hybridized carbons (Fsp3) is 0.0952. The molecule has 3 aromatic rings. The molecule has 3 nitrogen and oxygen atoms in total. The van der Waals surface area contributed by atoms with Gasteiger partial charge < -0.3 is 9.47 Å². The number of thiophene rings is 1. The SMILES string of the molecule is COc1ccc(/C=C/C(=O)c2cccs2)cc1COc1cccc(Cl)c1Cl. The molecule has 138 valence electrons. The van der Waals surface area contributed by atoms with Gasteiger partial charge >= 0.3 is 0 Å². The molecule has 0 unspecified atom stereocenters. The summed E-state index contributed by atoms with van der Waals surface area (Å²) in [4.78, 5) is 12.8. The standard InChI is InChI=1S/C21H16Cl2O3S/c1-25-18-10-8-14(7-9-17(24)20-6-3-11-27-20)12-15(18)13-26-19-5-2-4-16(22)21(19)23/h2-12H,13H2,1H3/b9-7+. The molecule has 0 amide bonds. The Hall–Kier alpha value is -2.27. The van der Waals surface area contributed by atoms with Crippen molar-refractivity contribution in [3.8, 4) is 11.5 Å². The summed E-state index contributed by atoms with van der Waals surface area (Å²) in [7, 11) is 1.60. The first-order valence-electron chi connectivity index (χ1n) is 8.08. The van der Waals surface area contributed by atoms with Gasteiger partial charge in [-0.15, -0.1) is 11.3 Å². The summed E-state index contributed by atoms with van der Waals surface area (Å²) in [6.07, 6.45) is 3.34. The maximum absolute atomic E-state index is 12.1. The van der Waals surface area contributed by atoms with E-state index in [1.807, 2.05) is 29.6 Å². The van der Waals surface area contributed by atoms with Crippen LogP contribution in [0.3, 0.4) is 0 Å². The Morgan fingerprint density at radius 2 is 1.96 bits per heavy atom. The van der Waals surface area contributed by atoms with E-state index in [9.17, 15) is 4.79 Å². The zero-order chi connectivity index (χ0) is 19.2. The van der Waals surface area contributed by atoms with Crippen molar-refractivity contribution >= 4 is 46.4 Å². The largest absolute Gasteiger partial charge is 0.496 e. The van der Waals surface area contributed by atoms with Crippen LogP contribution in [0.1, 0.15) is 20.8 Å². The van der Waals surface area contributed by atoms with E-state index in [-0.39, 0.29) is 12.4 Å². The highest BCUT2D eigenvalue weighted by Crippen LogP contribution is 2.32. The Kier molecular flexibility index (Phi) is 6.56. The summed E-state index contributed by atoms with van der Waals surface area (Å²) in [5.74, 6) is 1.17. The van der Waals surface area contributed by atoms with E-state index < -0.39 is 0 Å². The van der Waals surface area contributed by atoms with Crippen molar-refractivity contribution in [3.05, 3.63) is 86.0 Å². The molecule has 6 heteroatoms. The number of benzene rings is 2. The normalized spacial score (nSPS) is 10.9. The Morgan fingerprint density at radius 3 is 2.70 bits per heavy atom. The molecule has 0 fully saturated rings. The number of halogens is 2. The zero-order valence-electron chi connectivity index (χ0n) is 14.4. The molecule has 0 aliphatic carbocycles. The number of allylic oxidation sites excluding steroid dienone is 1. The summed E-state index contributed by atoms with van der Waals surface area (Å²) in [5, 5.41) is 2.69. The number of carbonyl (C=O) groups is 1. The lowest BCUT2D eigenvalue weighted by molar-refractivity contribution is 0.105. The van der Waals surface area contributed by atoms with Gasteiger partial charge in [0.05, 0.1) is 17.0 Å². The molecule has 0 spiro atoms. The number of methoxy groups -OCH3 is 1. The predicted octanol–water partition coefficient (Wildman–Crippen LogP) is 6.54. The second kappa shape index (κ2) is 9.09. The summed E-state index contributed by atoms with van der Waals surface area (Å²) in [5.41, 5.74) is 1.70. The third kappa shape index (κ3) is 4.92. The lowest BCUT2D eigenvalue weighted by atomic mass is 10.1. The van der Waals surface area contributed by atoms with Crippen LogP contribution in [0.15, 0.2) is 60.0 Å². The van der Waals surface area contributed by atoms with Crippen LogP contribution in [0.25, 0.3) is 6.08 Å². The van der Waals surface area contributed by atoms with Crippen LogP contribution in [-0.4, -0.2) is 12.9 Å². The number of ether oxygens (including phenoxy) is 2. The molecule has 0 N–H and O–H groups in total. The van der Waals surface area contributed by atoms with Gasteiger partial charge in [0.15, 0.2) is 5.78 Å². The molecule has 0 aliphatic heterocycles. The first kappa shape index (κ1) is 19.5. The molecule has 2 aromatic carbocycles. The lowest BCUT2D eigenvalue weighted by Crippen LogP contribution is -2.00. The summed E-state index contributed by atoms with van der Waals surface area (Å²) >= 11 is 13.6. The Balaban J connectivity index is 1.77. The van der Waals surface area contributed by atoms with E-state index >= 15 is 0 Å². The van der Waals surface area contributed by atoms with E-state index in [0.29, 0.717) is 26.4 Å². The van der Waals surface area contributed by atoms with Crippen LogP contribution in [0.2, 0.25) is 10.0 Å². The second-order valence-corrected chi connectivity index (χ2v) is 7.32. The van der Waals surface area contributed by atoms with Crippen molar-refractivity contribution in [3.63, 3.8) is 0 Å². The van der Waals surface area contributed by atoms with Crippen LogP contribution >= 0.6 is 34.5 Å². The van der Waals surface area contributed by atoms with Crippen molar-refractivity contribution in [2.75, 3.05) is 7.11 Å². The van der Waals surface area contributed by atoms with Gasteiger partial charge in [-0.05, 0) is 47.4 Å². The molecular formula is C21H16Cl2O3S. The van der Waals surface area contributed by atoms with Crippen LogP contribution in [0.4, 0.5) is 0 Å². The highest BCUT2D eigenvalue weighted by molar-refractivity contribution is 7.12. The fourth-order valence-corrected chi connectivity index (χ4v) is 3.43. The molecular weight excluding hydrogens is 403 g/mol. The minimum Gasteiger partial charge on any atom is -0.496 e. The van der Waals surface area contributed by atoms with E-state index in [2.05, 4.69) is 0 Å². The van der Waals surface area contributed by atoms with Crippen LogP contribution in [0, 0.1) is 0 Å². The molecule has 3 rings (SSSR count). The number of ketones is 1. The number of hydrogen-bond donors (Lipinski definition) is 0. The van der Waals surface area contributed by atoms with E-state index in [1.165, 1.54) is 11.3 Å². The fourth-order valence-electron chi connectivity index (χ4n) is 2.44. The predicted molar refractivity (Wildman–Crippen MR) is 111 cm³/mol. The molecule has 0 bridgehead atoms. The first-order chi connectivity index (χ1) is 13.1. The summed E-state index contributed by atoms with van der Waals surface area (Å²) in [6, 6.07) is 14.5.